The summed E-state index contributed by atoms with van der Waals surface area (Å²) in [5.41, 5.74) is 0.877. The molecule has 0 radical (unpaired) electrons. The van der Waals surface area contributed by atoms with Gasteiger partial charge in [0.2, 0.25) is 0 Å². The molecule has 2 N–H and O–H groups in total. The van der Waals surface area contributed by atoms with Gasteiger partial charge in [0.25, 0.3) is 0 Å². The van der Waals surface area contributed by atoms with Gasteiger partial charge in [-0.15, -0.1) is 24.0 Å². The third-order valence-electron chi connectivity index (χ3n) is 2.88. The highest BCUT2D eigenvalue weighted by Crippen LogP contribution is 2.19. The van der Waals surface area contributed by atoms with E-state index in [1.54, 1.807) is 24.2 Å². The Balaban J connectivity index is 0.00000441. The number of nitrogens with one attached hydrogen (secondary N) is 1. The Bertz CT molecular complexity index is 507. The van der Waals surface area contributed by atoms with Crippen LogP contribution in [0.1, 0.15) is 5.69 Å². The summed E-state index contributed by atoms with van der Waals surface area (Å²) < 4.78 is 38.6. The number of aliphatic hydroxyl groups excluding tert-OH is 1. The van der Waals surface area contributed by atoms with Crippen LogP contribution in [-0.2, 0) is 13.6 Å². The van der Waals surface area contributed by atoms with Crippen molar-refractivity contribution in [2.24, 2.45) is 12.0 Å². The first kappa shape index (κ1) is 21.3. The Morgan fingerprint density at radius 3 is 2.55 bits per heavy atom. The van der Waals surface area contributed by atoms with Crippen LogP contribution in [0.5, 0.6) is 0 Å². The molecule has 1 atom stereocenters. The summed E-state index contributed by atoms with van der Waals surface area (Å²) in [7, 11) is 4.95. The van der Waals surface area contributed by atoms with E-state index in [9.17, 15) is 13.2 Å². The highest BCUT2D eigenvalue weighted by atomic mass is 127. The average molecular weight is 455 g/mol. The maximum Gasteiger partial charge on any atom is 0.416 e. The van der Waals surface area contributed by atoms with Gasteiger partial charge >= 0.3 is 6.18 Å². The number of nitrogens with zero attached hydrogens (tertiary/aromatic N) is 3. The fraction of sp³-hybridized carbons (Fsp3) is 0.583. The van der Waals surface area contributed by atoms with E-state index in [4.69, 9.17) is 16.7 Å². The van der Waals surface area contributed by atoms with Crippen LogP contribution in [-0.4, -0.2) is 53.5 Å². The summed E-state index contributed by atoms with van der Waals surface area (Å²) in [5, 5.41) is 12.0. The summed E-state index contributed by atoms with van der Waals surface area (Å²) in [6.07, 6.45) is -5.36. The van der Waals surface area contributed by atoms with Crippen LogP contribution in [0, 0.1) is 0 Å². The number of aromatic nitrogens is 1. The van der Waals surface area contributed by atoms with Gasteiger partial charge in [-0.3, -0.25) is 4.99 Å². The first-order valence-electron chi connectivity index (χ1n) is 6.12. The SMILES string of the molecule is CN=C(NCC(O)C(F)(F)F)N(C)Cc1cc(Cl)cn1C.I. The molecule has 1 rings (SSSR count). The summed E-state index contributed by atoms with van der Waals surface area (Å²) in [6, 6.07) is 1.76. The predicted molar refractivity (Wildman–Crippen MR) is 90.7 cm³/mol. The molecule has 1 aromatic heterocycles. The van der Waals surface area contributed by atoms with Crippen molar-refractivity contribution in [1.82, 2.24) is 14.8 Å². The van der Waals surface area contributed by atoms with Crippen LogP contribution in [0.2, 0.25) is 5.02 Å². The minimum absolute atomic E-state index is 0. The van der Waals surface area contributed by atoms with Gasteiger partial charge in [0.15, 0.2) is 12.1 Å². The van der Waals surface area contributed by atoms with Gasteiger partial charge < -0.3 is 19.9 Å². The lowest BCUT2D eigenvalue weighted by Gasteiger charge is -2.24. The summed E-state index contributed by atoms with van der Waals surface area (Å²) in [4.78, 5) is 5.52. The van der Waals surface area contributed by atoms with Crippen LogP contribution in [0.4, 0.5) is 13.2 Å². The third-order valence-corrected chi connectivity index (χ3v) is 3.09. The molecule has 128 valence electrons. The predicted octanol–water partition coefficient (Wildman–Crippen LogP) is 2.23. The van der Waals surface area contributed by atoms with Gasteiger partial charge in [0.1, 0.15) is 0 Å². The number of hydrogen-bond acceptors (Lipinski definition) is 2. The van der Waals surface area contributed by atoms with Gasteiger partial charge in [-0.25, -0.2) is 0 Å². The molecule has 0 amide bonds. The molecule has 22 heavy (non-hydrogen) atoms. The second-order valence-electron chi connectivity index (χ2n) is 4.60. The number of alkyl halides is 3. The summed E-state index contributed by atoms with van der Waals surface area (Å²) >= 11 is 5.87. The number of halogens is 5. The van der Waals surface area contributed by atoms with Crippen molar-refractivity contribution >= 4 is 41.5 Å². The zero-order valence-electron chi connectivity index (χ0n) is 12.4. The van der Waals surface area contributed by atoms with Crippen molar-refractivity contribution in [2.75, 3.05) is 20.6 Å². The van der Waals surface area contributed by atoms with Gasteiger partial charge in [-0.2, -0.15) is 13.2 Å². The van der Waals surface area contributed by atoms with Crippen molar-refractivity contribution in [3.8, 4) is 0 Å². The Labute approximate surface area is 149 Å². The molecule has 0 bridgehead atoms. The Morgan fingerprint density at radius 1 is 1.55 bits per heavy atom. The van der Waals surface area contributed by atoms with E-state index in [0.717, 1.165) is 5.69 Å². The number of aliphatic hydroxyl groups is 1. The topological polar surface area (TPSA) is 52.8 Å². The Kier molecular flexibility index (Phi) is 8.55. The van der Waals surface area contributed by atoms with E-state index in [1.807, 2.05) is 11.6 Å². The lowest BCUT2D eigenvalue weighted by atomic mass is 10.3. The molecule has 1 unspecified atom stereocenters. The molecule has 0 aliphatic rings. The molecular formula is C12H19ClF3IN4O. The highest BCUT2D eigenvalue weighted by Gasteiger charge is 2.38. The quantitative estimate of drug-likeness (QED) is 0.417. The molecular weight excluding hydrogens is 436 g/mol. The van der Waals surface area contributed by atoms with E-state index in [0.29, 0.717) is 11.6 Å². The zero-order chi connectivity index (χ0) is 16.2. The molecule has 0 fully saturated rings. The van der Waals surface area contributed by atoms with E-state index in [-0.39, 0.29) is 29.9 Å². The Morgan fingerprint density at radius 2 is 2.14 bits per heavy atom. The van der Waals surface area contributed by atoms with Crippen LogP contribution in [0.3, 0.4) is 0 Å². The summed E-state index contributed by atoms with van der Waals surface area (Å²) in [5.74, 6) is 0.246. The lowest BCUT2D eigenvalue weighted by Crippen LogP contribution is -2.45. The van der Waals surface area contributed by atoms with Crippen molar-refractivity contribution in [3.63, 3.8) is 0 Å². The normalized spacial score (nSPS) is 13.5. The fourth-order valence-electron chi connectivity index (χ4n) is 1.73. The van der Waals surface area contributed by atoms with Crippen LogP contribution in [0.25, 0.3) is 0 Å². The van der Waals surface area contributed by atoms with Crippen molar-refractivity contribution in [2.45, 2.75) is 18.8 Å². The van der Waals surface area contributed by atoms with Crippen molar-refractivity contribution < 1.29 is 18.3 Å². The molecule has 0 spiro atoms. The first-order valence-corrected chi connectivity index (χ1v) is 6.50. The number of hydrogen-bond donors (Lipinski definition) is 2. The van der Waals surface area contributed by atoms with Crippen molar-refractivity contribution in [1.29, 1.82) is 0 Å². The molecule has 0 aliphatic carbocycles. The lowest BCUT2D eigenvalue weighted by molar-refractivity contribution is -0.201. The van der Waals surface area contributed by atoms with Gasteiger partial charge in [0, 0.05) is 33.0 Å². The maximum absolute atomic E-state index is 12.2. The zero-order valence-corrected chi connectivity index (χ0v) is 15.4. The molecule has 0 aliphatic heterocycles. The second kappa shape index (κ2) is 8.82. The largest absolute Gasteiger partial charge is 0.416 e. The fourth-order valence-corrected chi connectivity index (χ4v) is 2.00. The average Bonchev–Trinajstić information content (AvgIpc) is 2.67. The number of guanidine groups is 1. The van der Waals surface area contributed by atoms with Crippen LogP contribution >= 0.6 is 35.6 Å². The van der Waals surface area contributed by atoms with Crippen LogP contribution < -0.4 is 5.32 Å². The molecule has 1 aromatic rings. The van der Waals surface area contributed by atoms with Gasteiger partial charge in [-0.1, -0.05) is 11.6 Å². The number of aliphatic imine (C=N–C) groups is 1. The molecule has 0 saturated heterocycles. The van der Waals surface area contributed by atoms with Gasteiger partial charge in [-0.05, 0) is 6.07 Å². The number of aryl methyl sites for hydroxylation is 1. The molecule has 0 saturated carbocycles. The minimum atomic E-state index is -4.66. The molecule has 5 nitrogen and oxygen atoms in total. The molecule has 10 heteroatoms. The molecule has 0 aromatic carbocycles. The summed E-state index contributed by atoms with van der Waals surface area (Å²) in [6.45, 7) is -0.251. The van der Waals surface area contributed by atoms with E-state index < -0.39 is 18.8 Å². The first-order chi connectivity index (χ1) is 9.65. The third kappa shape index (κ3) is 6.21. The monoisotopic (exact) mass is 454 g/mol. The van der Waals surface area contributed by atoms with E-state index >= 15 is 0 Å². The smallest absolute Gasteiger partial charge is 0.382 e. The highest BCUT2D eigenvalue weighted by molar-refractivity contribution is 14.0. The van der Waals surface area contributed by atoms with Crippen molar-refractivity contribution in [3.05, 3.63) is 23.0 Å². The second-order valence-corrected chi connectivity index (χ2v) is 5.04. The Hall–Kier alpha value is -0.680. The standard InChI is InChI=1S/C12H18ClF3N4O.HI/c1-17-11(18-5-10(21)12(14,15)16)20(3)7-9-4-8(13)6-19(9)2;/h4,6,10,21H,5,7H2,1-3H3,(H,17,18);1H. The van der Waals surface area contributed by atoms with E-state index in [2.05, 4.69) is 10.3 Å². The van der Waals surface area contributed by atoms with E-state index in [1.165, 1.54) is 7.05 Å². The maximum atomic E-state index is 12.2. The molecule has 1 heterocycles. The minimum Gasteiger partial charge on any atom is -0.382 e. The van der Waals surface area contributed by atoms with Crippen LogP contribution in [0.15, 0.2) is 17.3 Å². The van der Waals surface area contributed by atoms with Gasteiger partial charge in [0.05, 0.1) is 18.1 Å². The number of rotatable bonds is 4.